The number of anilines is 1. The number of benzene rings is 2. The standard InChI is InChI=1S/C22H21N3O2S2/c1-14-8-6-7-11-17(14)23-19(26)13-28-22-24-18-12-15(2)29-20(18)21(27)25(22)16-9-4-3-5-10-16/h3-11,15H,12-13H2,1-2H3,(H,23,26). The Balaban J connectivity index is 1.62. The van der Waals surface area contributed by atoms with Crippen LogP contribution in [-0.4, -0.2) is 26.5 Å². The van der Waals surface area contributed by atoms with Gasteiger partial charge in [0.25, 0.3) is 5.56 Å². The van der Waals surface area contributed by atoms with E-state index in [1.54, 1.807) is 16.3 Å². The van der Waals surface area contributed by atoms with Crippen LogP contribution in [0.15, 0.2) is 69.4 Å². The smallest absolute Gasteiger partial charge is 0.272 e. The van der Waals surface area contributed by atoms with Gasteiger partial charge in [-0.1, -0.05) is 55.1 Å². The maximum atomic E-state index is 13.2. The lowest BCUT2D eigenvalue weighted by Gasteiger charge is -2.14. The number of fused-ring (bicyclic) bond motifs is 1. The SMILES string of the molecule is Cc1ccccc1NC(=O)CSc1nc2c(c(=O)n1-c1ccccc1)SC(C)C2. The molecule has 0 fully saturated rings. The van der Waals surface area contributed by atoms with E-state index in [4.69, 9.17) is 4.98 Å². The zero-order valence-electron chi connectivity index (χ0n) is 16.2. The van der Waals surface area contributed by atoms with Crippen LogP contribution >= 0.6 is 23.5 Å². The molecular formula is C22H21N3O2S2. The number of carbonyl (C=O) groups excluding carboxylic acids is 1. The second kappa shape index (κ2) is 8.47. The van der Waals surface area contributed by atoms with Crippen molar-refractivity contribution in [2.75, 3.05) is 11.1 Å². The van der Waals surface area contributed by atoms with Crippen LogP contribution in [-0.2, 0) is 11.2 Å². The third kappa shape index (κ3) is 4.26. The number of aryl methyl sites for hydroxylation is 1. The third-order valence-electron chi connectivity index (χ3n) is 4.65. The van der Waals surface area contributed by atoms with Gasteiger partial charge in [0.15, 0.2) is 5.16 Å². The molecule has 0 spiro atoms. The Morgan fingerprint density at radius 2 is 1.93 bits per heavy atom. The second-order valence-electron chi connectivity index (χ2n) is 6.93. The van der Waals surface area contributed by atoms with E-state index in [0.29, 0.717) is 10.4 Å². The van der Waals surface area contributed by atoms with Crippen LogP contribution in [0.25, 0.3) is 5.69 Å². The molecule has 1 aromatic heterocycles. The minimum atomic E-state index is -0.124. The number of rotatable bonds is 5. The lowest BCUT2D eigenvalue weighted by molar-refractivity contribution is -0.113. The van der Waals surface area contributed by atoms with Crippen molar-refractivity contribution in [2.24, 2.45) is 0 Å². The molecule has 0 saturated heterocycles. The Morgan fingerprint density at radius 3 is 2.69 bits per heavy atom. The van der Waals surface area contributed by atoms with Crippen molar-refractivity contribution in [1.82, 2.24) is 9.55 Å². The summed E-state index contributed by atoms with van der Waals surface area (Å²) in [7, 11) is 0. The van der Waals surface area contributed by atoms with Gasteiger partial charge in [0, 0.05) is 17.4 Å². The number of hydrogen-bond donors (Lipinski definition) is 1. The molecule has 2 aromatic carbocycles. The Labute approximate surface area is 177 Å². The zero-order valence-corrected chi connectivity index (χ0v) is 17.8. The van der Waals surface area contributed by atoms with Crippen molar-refractivity contribution >= 4 is 35.1 Å². The maximum Gasteiger partial charge on any atom is 0.272 e. The molecule has 1 atom stereocenters. The Hall–Kier alpha value is -2.51. The van der Waals surface area contributed by atoms with Crippen LogP contribution in [0.3, 0.4) is 0 Å². The van der Waals surface area contributed by atoms with E-state index in [1.165, 1.54) is 11.8 Å². The van der Waals surface area contributed by atoms with Crippen molar-refractivity contribution in [3.8, 4) is 5.69 Å². The van der Waals surface area contributed by atoms with Gasteiger partial charge in [0.2, 0.25) is 5.91 Å². The van der Waals surface area contributed by atoms with Crippen molar-refractivity contribution in [1.29, 1.82) is 0 Å². The average Bonchev–Trinajstić information content (AvgIpc) is 3.09. The van der Waals surface area contributed by atoms with Gasteiger partial charge < -0.3 is 5.32 Å². The normalized spacial score (nSPS) is 15.2. The molecular weight excluding hydrogens is 402 g/mol. The van der Waals surface area contributed by atoms with Gasteiger partial charge in [-0.3, -0.25) is 14.2 Å². The third-order valence-corrected chi connectivity index (χ3v) is 6.80. The highest BCUT2D eigenvalue weighted by atomic mass is 32.2. The van der Waals surface area contributed by atoms with Gasteiger partial charge in [-0.05, 0) is 30.7 Å². The first-order valence-corrected chi connectivity index (χ1v) is 11.3. The molecule has 4 rings (SSSR count). The van der Waals surface area contributed by atoms with E-state index in [0.717, 1.165) is 33.9 Å². The van der Waals surface area contributed by atoms with Crippen LogP contribution in [0.2, 0.25) is 0 Å². The molecule has 7 heteroatoms. The maximum absolute atomic E-state index is 13.2. The first kappa shape index (κ1) is 19.8. The summed E-state index contributed by atoms with van der Waals surface area (Å²) >= 11 is 2.87. The number of thioether (sulfide) groups is 2. The fraction of sp³-hybridized carbons (Fsp3) is 0.227. The summed E-state index contributed by atoms with van der Waals surface area (Å²) in [4.78, 5) is 31.2. The fourth-order valence-corrected chi connectivity index (χ4v) is 5.16. The summed E-state index contributed by atoms with van der Waals surface area (Å²) in [5.41, 5.74) is 3.34. The minimum Gasteiger partial charge on any atom is -0.325 e. The molecule has 148 valence electrons. The molecule has 1 aliphatic heterocycles. The van der Waals surface area contributed by atoms with Crippen molar-refractivity contribution < 1.29 is 4.79 Å². The summed E-state index contributed by atoms with van der Waals surface area (Å²) in [5.74, 6) is 0.0520. The Bertz CT molecular complexity index is 1110. The molecule has 0 bridgehead atoms. The number of aromatic nitrogens is 2. The number of hydrogen-bond acceptors (Lipinski definition) is 5. The molecule has 5 nitrogen and oxygen atoms in total. The van der Waals surface area contributed by atoms with Gasteiger partial charge in [-0.25, -0.2) is 4.98 Å². The van der Waals surface area contributed by atoms with E-state index in [9.17, 15) is 9.59 Å². The predicted octanol–water partition coefficient (Wildman–Crippen LogP) is 4.31. The van der Waals surface area contributed by atoms with E-state index in [-0.39, 0.29) is 17.2 Å². The summed E-state index contributed by atoms with van der Waals surface area (Å²) in [5, 5.41) is 3.82. The molecule has 1 amide bonds. The first-order valence-electron chi connectivity index (χ1n) is 9.39. The molecule has 1 aliphatic rings. The van der Waals surface area contributed by atoms with Gasteiger partial charge in [0.05, 0.1) is 22.0 Å². The Morgan fingerprint density at radius 1 is 1.21 bits per heavy atom. The van der Waals surface area contributed by atoms with Gasteiger partial charge in [-0.15, -0.1) is 11.8 Å². The molecule has 0 saturated carbocycles. The Kier molecular flexibility index (Phi) is 5.78. The molecule has 3 aromatic rings. The minimum absolute atomic E-state index is 0.0580. The highest BCUT2D eigenvalue weighted by molar-refractivity contribution is 8.00. The van der Waals surface area contributed by atoms with Crippen LogP contribution in [0, 0.1) is 6.92 Å². The highest BCUT2D eigenvalue weighted by Gasteiger charge is 2.27. The molecule has 1 N–H and O–H groups in total. The summed E-state index contributed by atoms with van der Waals surface area (Å²) in [6, 6.07) is 17.1. The number of nitrogens with one attached hydrogen (secondary N) is 1. The van der Waals surface area contributed by atoms with Gasteiger partial charge >= 0.3 is 0 Å². The zero-order chi connectivity index (χ0) is 20.4. The van der Waals surface area contributed by atoms with E-state index < -0.39 is 0 Å². The van der Waals surface area contributed by atoms with E-state index in [1.807, 2.05) is 61.5 Å². The van der Waals surface area contributed by atoms with Gasteiger partial charge in [-0.2, -0.15) is 0 Å². The van der Waals surface area contributed by atoms with Crippen molar-refractivity contribution in [2.45, 2.75) is 35.6 Å². The number of carbonyl (C=O) groups is 1. The molecule has 0 radical (unpaired) electrons. The van der Waals surface area contributed by atoms with E-state index >= 15 is 0 Å². The summed E-state index contributed by atoms with van der Waals surface area (Å²) in [6.45, 7) is 4.05. The highest BCUT2D eigenvalue weighted by Crippen LogP contribution is 2.34. The monoisotopic (exact) mass is 423 g/mol. The van der Waals surface area contributed by atoms with Crippen LogP contribution < -0.4 is 10.9 Å². The predicted molar refractivity (Wildman–Crippen MR) is 119 cm³/mol. The summed E-state index contributed by atoms with van der Waals surface area (Å²) in [6.07, 6.45) is 0.772. The van der Waals surface area contributed by atoms with Crippen molar-refractivity contribution in [3.63, 3.8) is 0 Å². The quantitative estimate of drug-likeness (QED) is 0.489. The fourth-order valence-electron chi connectivity index (χ4n) is 3.23. The van der Waals surface area contributed by atoms with Crippen LogP contribution in [0.5, 0.6) is 0 Å². The topological polar surface area (TPSA) is 64.0 Å². The van der Waals surface area contributed by atoms with E-state index in [2.05, 4.69) is 12.2 Å². The number of para-hydroxylation sites is 2. The molecule has 0 aliphatic carbocycles. The van der Waals surface area contributed by atoms with Gasteiger partial charge in [0.1, 0.15) is 0 Å². The molecule has 2 heterocycles. The second-order valence-corrected chi connectivity index (χ2v) is 9.32. The molecule has 1 unspecified atom stereocenters. The number of nitrogens with zero attached hydrogens (tertiary/aromatic N) is 2. The van der Waals surface area contributed by atoms with Crippen LogP contribution in [0.1, 0.15) is 18.2 Å². The molecule has 29 heavy (non-hydrogen) atoms. The first-order chi connectivity index (χ1) is 14.0. The van der Waals surface area contributed by atoms with Crippen LogP contribution in [0.4, 0.5) is 5.69 Å². The average molecular weight is 424 g/mol. The lowest BCUT2D eigenvalue weighted by atomic mass is 10.2. The summed E-state index contributed by atoms with van der Waals surface area (Å²) < 4.78 is 1.62. The largest absolute Gasteiger partial charge is 0.325 e. The lowest BCUT2D eigenvalue weighted by Crippen LogP contribution is -2.24. The number of amides is 1. The van der Waals surface area contributed by atoms with Crippen molar-refractivity contribution in [3.05, 3.63) is 76.2 Å².